The molecule has 2 nitrogen and oxygen atoms in total. The maximum Gasteiger partial charge on any atom is 0.0332 e. The summed E-state index contributed by atoms with van der Waals surface area (Å²) >= 11 is 0. The highest BCUT2D eigenvalue weighted by Gasteiger charge is 2.15. The van der Waals surface area contributed by atoms with E-state index in [1.54, 1.807) is 0 Å². The lowest BCUT2D eigenvalue weighted by Crippen LogP contribution is -2.24. The van der Waals surface area contributed by atoms with Gasteiger partial charge in [-0.2, -0.15) is 0 Å². The molecule has 1 aliphatic rings. The fraction of sp³-hybridized carbons (Fsp3) is 0.538. The molecule has 1 heterocycles. The van der Waals surface area contributed by atoms with Gasteiger partial charge in [0.25, 0.3) is 0 Å². The average molecular weight is 204 g/mol. The van der Waals surface area contributed by atoms with Crippen LogP contribution in [0, 0.1) is 6.92 Å². The smallest absolute Gasteiger partial charge is 0.0332 e. The average Bonchev–Trinajstić information content (AvgIpc) is 2.44. The predicted octanol–water partition coefficient (Wildman–Crippen LogP) is 1.96. The van der Waals surface area contributed by atoms with Crippen molar-refractivity contribution >= 4 is 0 Å². The number of aryl methyl sites for hydroxylation is 1. The number of likely N-dealkylation sites (N-methyl/N-ethyl adjacent to an activating group) is 1. The molecule has 2 heteroatoms. The SMILES string of the molecule is Cc1ccc(C2CCN(C)CCN2)cc1. The molecular formula is C13H20N2. The molecule has 82 valence electrons. The molecule has 1 aromatic carbocycles. The summed E-state index contributed by atoms with van der Waals surface area (Å²) in [5.74, 6) is 0. The van der Waals surface area contributed by atoms with Crippen LogP contribution in [0.1, 0.15) is 23.6 Å². The highest BCUT2D eigenvalue weighted by atomic mass is 15.1. The molecule has 0 radical (unpaired) electrons. The molecule has 0 aliphatic carbocycles. The molecule has 1 unspecified atom stereocenters. The summed E-state index contributed by atoms with van der Waals surface area (Å²) in [7, 11) is 2.19. The molecule has 15 heavy (non-hydrogen) atoms. The second kappa shape index (κ2) is 4.77. The molecular weight excluding hydrogens is 184 g/mol. The normalized spacial score (nSPS) is 23.7. The van der Waals surface area contributed by atoms with Crippen molar-refractivity contribution in [1.29, 1.82) is 0 Å². The largest absolute Gasteiger partial charge is 0.309 e. The molecule has 1 saturated heterocycles. The van der Waals surface area contributed by atoms with E-state index < -0.39 is 0 Å². The highest BCUT2D eigenvalue weighted by Crippen LogP contribution is 2.18. The summed E-state index contributed by atoms with van der Waals surface area (Å²) in [6, 6.07) is 9.43. The van der Waals surface area contributed by atoms with Crippen molar-refractivity contribution in [3.05, 3.63) is 35.4 Å². The Morgan fingerprint density at radius 2 is 1.93 bits per heavy atom. The molecule has 1 atom stereocenters. The van der Waals surface area contributed by atoms with Gasteiger partial charge in [0.05, 0.1) is 0 Å². The van der Waals surface area contributed by atoms with Crippen molar-refractivity contribution < 1.29 is 0 Å². The van der Waals surface area contributed by atoms with E-state index in [4.69, 9.17) is 0 Å². The molecule has 0 aromatic heterocycles. The van der Waals surface area contributed by atoms with Gasteiger partial charge >= 0.3 is 0 Å². The van der Waals surface area contributed by atoms with Gasteiger partial charge in [0.15, 0.2) is 0 Å². The van der Waals surface area contributed by atoms with E-state index in [0.29, 0.717) is 6.04 Å². The fourth-order valence-corrected chi connectivity index (χ4v) is 2.08. The number of rotatable bonds is 1. The molecule has 0 amide bonds. The molecule has 1 aromatic rings. The zero-order valence-electron chi connectivity index (χ0n) is 9.66. The second-order valence-corrected chi connectivity index (χ2v) is 4.51. The van der Waals surface area contributed by atoms with E-state index in [0.717, 1.165) is 13.1 Å². The number of hydrogen-bond donors (Lipinski definition) is 1. The molecule has 0 saturated carbocycles. The lowest BCUT2D eigenvalue weighted by atomic mass is 10.0. The van der Waals surface area contributed by atoms with E-state index in [2.05, 4.69) is 48.5 Å². The van der Waals surface area contributed by atoms with Crippen LogP contribution in [0.2, 0.25) is 0 Å². The van der Waals surface area contributed by atoms with Crippen molar-refractivity contribution in [2.75, 3.05) is 26.7 Å². The Hall–Kier alpha value is -0.860. The van der Waals surface area contributed by atoms with Gasteiger partial charge in [0.2, 0.25) is 0 Å². The van der Waals surface area contributed by atoms with E-state index in [-0.39, 0.29) is 0 Å². The summed E-state index contributed by atoms with van der Waals surface area (Å²) in [6.45, 7) is 5.57. The van der Waals surface area contributed by atoms with Gasteiger partial charge in [-0.25, -0.2) is 0 Å². The van der Waals surface area contributed by atoms with Gasteiger partial charge in [-0.3, -0.25) is 0 Å². The van der Waals surface area contributed by atoms with Gasteiger partial charge in [-0.05, 0) is 32.5 Å². The first-order chi connectivity index (χ1) is 7.25. The predicted molar refractivity (Wildman–Crippen MR) is 64.0 cm³/mol. The van der Waals surface area contributed by atoms with Crippen molar-refractivity contribution in [3.8, 4) is 0 Å². The second-order valence-electron chi connectivity index (χ2n) is 4.51. The Balaban J connectivity index is 2.06. The van der Waals surface area contributed by atoms with Crippen LogP contribution in [0.25, 0.3) is 0 Å². The van der Waals surface area contributed by atoms with E-state index in [1.807, 2.05) is 0 Å². The van der Waals surface area contributed by atoms with Crippen LogP contribution in [-0.4, -0.2) is 31.6 Å². The van der Waals surface area contributed by atoms with Gasteiger partial charge < -0.3 is 10.2 Å². The van der Waals surface area contributed by atoms with E-state index >= 15 is 0 Å². The summed E-state index contributed by atoms with van der Waals surface area (Å²) in [5, 5.41) is 3.61. The topological polar surface area (TPSA) is 15.3 Å². The quantitative estimate of drug-likeness (QED) is 0.752. The molecule has 1 aliphatic heterocycles. The molecule has 1 fully saturated rings. The molecule has 0 spiro atoms. The van der Waals surface area contributed by atoms with Crippen molar-refractivity contribution in [2.24, 2.45) is 0 Å². The highest BCUT2D eigenvalue weighted by molar-refractivity contribution is 5.24. The third-order valence-corrected chi connectivity index (χ3v) is 3.16. The third kappa shape index (κ3) is 2.80. The zero-order valence-corrected chi connectivity index (χ0v) is 9.66. The van der Waals surface area contributed by atoms with Crippen LogP contribution in [0.15, 0.2) is 24.3 Å². The zero-order chi connectivity index (χ0) is 10.7. The number of nitrogens with zero attached hydrogens (tertiary/aromatic N) is 1. The molecule has 2 rings (SSSR count). The van der Waals surface area contributed by atoms with Crippen LogP contribution in [-0.2, 0) is 0 Å². The lowest BCUT2D eigenvalue weighted by molar-refractivity contribution is 0.355. The molecule has 0 bridgehead atoms. The Labute approximate surface area is 92.3 Å². The number of nitrogens with one attached hydrogen (secondary N) is 1. The Kier molecular flexibility index (Phi) is 3.39. The maximum atomic E-state index is 3.61. The fourth-order valence-electron chi connectivity index (χ4n) is 2.08. The monoisotopic (exact) mass is 204 g/mol. The number of hydrogen-bond acceptors (Lipinski definition) is 2. The summed E-state index contributed by atoms with van der Waals surface area (Å²) < 4.78 is 0. The summed E-state index contributed by atoms with van der Waals surface area (Å²) in [6.07, 6.45) is 1.21. The Bertz CT molecular complexity index is 305. The minimum absolute atomic E-state index is 0.538. The van der Waals surface area contributed by atoms with Crippen LogP contribution in [0.5, 0.6) is 0 Å². The van der Waals surface area contributed by atoms with Gasteiger partial charge in [0.1, 0.15) is 0 Å². The first-order valence-corrected chi connectivity index (χ1v) is 5.74. The van der Waals surface area contributed by atoms with E-state index in [9.17, 15) is 0 Å². The first kappa shape index (κ1) is 10.7. The van der Waals surface area contributed by atoms with Gasteiger partial charge in [-0.1, -0.05) is 29.8 Å². The summed E-state index contributed by atoms with van der Waals surface area (Å²) in [5.41, 5.74) is 2.76. The van der Waals surface area contributed by atoms with Crippen molar-refractivity contribution in [2.45, 2.75) is 19.4 Å². The first-order valence-electron chi connectivity index (χ1n) is 5.74. The minimum atomic E-state index is 0.538. The summed E-state index contributed by atoms with van der Waals surface area (Å²) in [4.78, 5) is 2.39. The van der Waals surface area contributed by atoms with Gasteiger partial charge in [0, 0.05) is 19.1 Å². The van der Waals surface area contributed by atoms with Crippen molar-refractivity contribution in [1.82, 2.24) is 10.2 Å². The van der Waals surface area contributed by atoms with Crippen LogP contribution < -0.4 is 5.32 Å². The van der Waals surface area contributed by atoms with Gasteiger partial charge in [-0.15, -0.1) is 0 Å². The standard InChI is InChI=1S/C13H20N2/c1-11-3-5-12(6-4-11)13-7-9-15(2)10-8-14-13/h3-6,13-14H,7-10H2,1-2H3. The van der Waals surface area contributed by atoms with Crippen LogP contribution in [0.4, 0.5) is 0 Å². The molecule has 1 N–H and O–H groups in total. The number of benzene rings is 1. The minimum Gasteiger partial charge on any atom is -0.309 e. The maximum absolute atomic E-state index is 3.61. The van der Waals surface area contributed by atoms with E-state index in [1.165, 1.54) is 24.1 Å². The lowest BCUT2D eigenvalue weighted by Gasteiger charge is -2.16. The third-order valence-electron chi connectivity index (χ3n) is 3.16. The Morgan fingerprint density at radius 3 is 2.67 bits per heavy atom. The van der Waals surface area contributed by atoms with Crippen LogP contribution >= 0.6 is 0 Å². The van der Waals surface area contributed by atoms with Crippen LogP contribution in [0.3, 0.4) is 0 Å². The Morgan fingerprint density at radius 1 is 1.20 bits per heavy atom. The van der Waals surface area contributed by atoms with Crippen molar-refractivity contribution in [3.63, 3.8) is 0 Å².